The minimum absolute atomic E-state index is 0.00410. The number of nitrogens with zero attached hydrogens (tertiary/aromatic N) is 1. The summed E-state index contributed by atoms with van der Waals surface area (Å²) < 4.78 is 11.2. The molecule has 0 amide bonds. The molecular weight excluding hydrogens is 377 g/mol. The third-order valence-electron chi connectivity index (χ3n) is 3.69. The van der Waals surface area contributed by atoms with Crippen molar-refractivity contribution in [3.63, 3.8) is 0 Å². The maximum atomic E-state index is 11.1. The van der Waals surface area contributed by atoms with Crippen molar-refractivity contribution in [2.45, 2.75) is 26.4 Å². The second kappa shape index (κ2) is 8.92. The highest BCUT2D eigenvalue weighted by atomic mass is 35.5. The molecule has 26 heavy (non-hydrogen) atoms. The number of rotatable bonds is 7. The van der Waals surface area contributed by atoms with Crippen LogP contribution < -0.4 is 9.47 Å². The molecule has 0 heterocycles. The summed E-state index contributed by atoms with van der Waals surface area (Å²) in [6.07, 6.45) is 2.41. The number of carboxylic acids is 1. The summed E-state index contributed by atoms with van der Waals surface area (Å²) in [4.78, 5) is 15.4. The lowest BCUT2D eigenvalue weighted by molar-refractivity contribution is 0.0697. The van der Waals surface area contributed by atoms with Crippen LogP contribution in [0.2, 0.25) is 10.0 Å². The number of hydrogen-bond donors (Lipinski definition) is 1. The lowest BCUT2D eigenvalue weighted by Gasteiger charge is -2.17. The van der Waals surface area contributed by atoms with Crippen molar-refractivity contribution in [2.75, 3.05) is 7.11 Å². The molecule has 1 atom stereocenters. The smallest absolute Gasteiger partial charge is 0.337 e. The molecular formula is C19H19Cl2NO4. The van der Waals surface area contributed by atoms with E-state index in [1.165, 1.54) is 19.2 Å². The van der Waals surface area contributed by atoms with E-state index >= 15 is 0 Å². The normalized spacial score (nSPS) is 12.2. The Labute approximate surface area is 162 Å². The molecule has 138 valence electrons. The Hall–Kier alpha value is -2.24. The zero-order valence-corrected chi connectivity index (χ0v) is 16.1. The highest BCUT2D eigenvalue weighted by Gasteiger charge is 2.14. The number of hydrogen-bond acceptors (Lipinski definition) is 4. The summed E-state index contributed by atoms with van der Waals surface area (Å²) >= 11 is 12.2. The summed E-state index contributed by atoms with van der Waals surface area (Å²) in [6.45, 7) is 3.97. The third-order valence-corrected chi connectivity index (χ3v) is 4.30. The fourth-order valence-corrected chi connectivity index (χ4v) is 2.58. The Kier molecular flexibility index (Phi) is 6.89. The topological polar surface area (TPSA) is 68.1 Å². The Morgan fingerprint density at radius 3 is 2.62 bits per heavy atom. The summed E-state index contributed by atoms with van der Waals surface area (Å²) in [5, 5.41) is 9.69. The van der Waals surface area contributed by atoms with Gasteiger partial charge in [0.1, 0.15) is 0 Å². The SMILES string of the molecule is CC[C@@H](C)Oc1c(Cl)cc(C=Nc2ccc(Cl)c(C(=O)O)c2)cc1OC. The first-order valence-electron chi connectivity index (χ1n) is 7.96. The summed E-state index contributed by atoms with van der Waals surface area (Å²) in [5.41, 5.74) is 1.14. The van der Waals surface area contributed by atoms with Gasteiger partial charge in [-0.1, -0.05) is 30.1 Å². The molecule has 2 aromatic rings. The van der Waals surface area contributed by atoms with Gasteiger partial charge in [0.25, 0.3) is 0 Å². The van der Waals surface area contributed by atoms with Crippen LogP contribution in [0.4, 0.5) is 5.69 Å². The molecule has 0 aliphatic carbocycles. The largest absolute Gasteiger partial charge is 0.493 e. The van der Waals surface area contributed by atoms with Crippen molar-refractivity contribution in [1.29, 1.82) is 0 Å². The Morgan fingerprint density at radius 1 is 1.27 bits per heavy atom. The summed E-state index contributed by atoms with van der Waals surface area (Å²) in [7, 11) is 1.54. The van der Waals surface area contributed by atoms with Gasteiger partial charge in [0.15, 0.2) is 11.5 Å². The van der Waals surface area contributed by atoms with Crippen LogP contribution >= 0.6 is 23.2 Å². The van der Waals surface area contributed by atoms with E-state index in [4.69, 9.17) is 37.8 Å². The first kappa shape index (κ1) is 20.1. The van der Waals surface area contributed by atoms with E-state index in [9.17, 15) is 4.79 Å². The number of halogens is 2. The molecule has 0 spiro atoms. The van der Waals surface area contributed by atoms with Crippen molar-refractivity contribution in [3.05, 3.63) is 51.5 Å². The van der Waals surface area contributed by atoms with Gasteiger partial charge in [-0.15, -0.1) is 0 Å². The lowest BCUT2D eigenvalue weighted by atomic mass is 10.2. The van der Waals surface area contributed by atoms with E-state index in [-0.39, 0.29) is 16.7 Å². The Bertz CT molecular complexity index is 837. The van der Waals surface area contributed by atoms with E-state index in [2.05, 4.69) is 4.99 Å². The molecule has 0 aliphatic rings. The van der Waals surface area contributed by atoms with Gasteiger partial charge in [-0.25, -0.2) is 4.79 Å². The first-order chi connectivity index (χ1) is 12.3. The van der Waals surface area contributed by atoms with Crippen LogP contribution in [0.1, 0.15) is 36.2 Å². The highest BCUT2D eigenvalue weighted by molar-refractivity contribution is 6.33. The van der Waals surface area contributed by atoms with Crippen LogP contribution in [0.15, 0.2) is 35.3 Å². The van der Waals surface area contributed by atoms with Crippen molar-refractivity contribution in [2.24, 2.45) is 4.99 Å². The molecule has 5 nitrogen and oxygen atoms in total. The van der Waals surface area contributed by atoms with Gasteiger partial charge < -0.3 is 14.6 Å². The minimum Gasteiger partial charge on any atom is -0.493 e. The van der Waals surface area contributed by atoms with Gasteiger partial charge in [-0.3, -0.25) is 4.99 Å². The third kappa shape index (κ3) is 4.90. The number of methoxy groups -OCH3 is 1. The van der Waals surface area contributed by atoms with Gasteiger partial charge >= 0.3 is 5.97 Å². The summed E-state index contributed by atoms with van der Waals surface area (Å²) in [5.74, 6) is -0.120. The molecule has 0 unspecified atom stereocenters. The second-order valence-corrected chi connectivity index (χ2v) is 6.41. The van der Waals surface area contributed by atoms with Gasteiger partial charge in [-0.2, -0.15) is 0 Å². The molecule has 0 fully saturated rings. The summed E-state index contributed by atoms with van der Waals surface area (Å²) in [6, 6.07) is 7.99. The van der Waals surface area contributed by atoms with Gasteiger partial charge in [0.2, 0.25) is 0 Å². The van der Waals surface area contributed by atoms with Gasteiger partial charge in [0, 0.05) is 6.21 Å². The van der Waals surface area contributed by atoms with Crippen LogP contribution in [0.25, 0.3) is 0 Å². The number of carboxylic acid groups (broad SMARTS) is 1. The molecule has 7 heteroatoms. The number of aliphatic imine (C=N–C) groups is 1. The lowest BCUT2D eigenvalue weighted by Crippen LogP contribution is -2.11. The molecule has 2 aromatic carbocycles. The molecule has 2 rings (SSSR count). The standard InChI is InChI=1S/C19H19Cl2NO4/c1-4-11(2)26-18-16(21)7-12(8-17(18)25-3)10-22-13-5-6-15(20)14(9-13)19(23)24/h5-11H,4H2,1-3H3,(H,23,24)/t11-/m1/s1. The van der Waals surface area contributed by atoms with Gasteiger partial charge in [0.05, 0.1) is 34.5 Å². The van der Waals surface area contributed by atoms with Crippen molar-refractivity contribution in [1.82, 2.24) is 0 Å². The van der Waals surface area contributed by atoms with Crippen LogP contribution in [0.3, 0.4) is 0 Å². The number of aromatic carboxylic acids is 1. The number of benzene rings is 2. The zero-order valence-electron chi connectivity index (χ0n) is 14.6. The average molecular weight is 396 g/mol. The van der Waals surface area contributed by atoms with Crippen molar-refractivity contribution < 1.29 is 19.4 Å². The van der Waals surface area contributed by atoms with E-state index in [1.54, 1.807) is 24.4 Å². The highest BCUT2D eigenvalue weighted by Crippen LogP contribution is 2.37. The maximum Gasteiger partial charge on any atom is 0.337 e. The number of ether oxygens (including phenoxy) is 2. The van der Waals surface area contributed by atoms with Crippen LogP contribution in [-0.4, -0.2) is 30.5 Å². The van der Waals surface area contributed by atoms with Crippen molar-refractivity contribution >= 4 is 41.1 Å². The molecule has 0 bridgehead atoms. The fraction of sp³-hybridized carbons (Fsp3) is 0.263. The molecule has 0 saturated carbocycles. The first-order valence-corrected chi connectivity index (χ1v) is 8.72. The van der Waals surface area contributed by atoms with Crippen LogP contribution in [0, 0.1) is 0 Å². The molecule has 0 saturated heterocycles. The van der Waals surface area contributed by atoms with Crippen LogP contribution in [0.5, 0.6) is 11.5 Å². The maximum absolute atomic E-state index is 11.1. The molecule has 0 aliphatic heterocycles. The van der Waals surface area contributed by atoms with E-state index < -0.39 is 5.97 Å². The number of carbonyl (C=O) groups is 1. The Balaban J connectivity index is 2.32. The fourth-order valence-electron chi connectivity index (χ4n) is 2.12. The quantitative estimate of drug-likeness (QED) is 0.616. The predicted octanol–water partition coefficient (Wildman–Crippen LogP) is 5.63. The molecule has 0 radical (unpaired) electrons. The minimum atomic E-state index is -1.11. The van der Waals surface area contributed by atoms with Crippen LogP contribution in [-0.2, 0) is 0 Å². The van der Waals surface area contributed by atoms with E-state index in [1.807, 2.05) is 13.8 Å². The predicted molar refractivity (Wildman–Crippen MR) is 104 cm³/mol. The molecule has 1 N–H and O–H groups in total. The second-order valence-electron chi connectivity index (χ2n) is 5.60. The van der Waals surface area contributed by atoms with Crippen molar-refractivity contribution in [3.8, 4) is 11.5 Å². The monoisotopic (exact) mass is 395 g/mol. The van der Waals surface area contributed by atoms with Gasteiger partial charge in [-0.05, 0) is 49.2 Å². The molecule has 0 aromatic heterocycles. The van der Waals surface area contributed by atoms with E-state index in [0.29, 0.717) is 27.8 Å². The zero-order chi connectivity index (χ0) is 19.3. The Morgan fingerprint density at radius 2 is 2.00 bits per heavy atom. The van der Waals surface area contributed by atoms with E-state index in [0.717, 1.165) is 6.42 Å². The average Bonchev–Trinajstić information content (AvgIpc) is 2.62.